The fourth-order valence-electron chi connectivity index (χ4n) is 4.46. The first-order valence-corrected chi connectivity index (χ1v) is 9.20. The molecular weight excluding hydrogens is 330 g/mol. The highest BCUT2D eigenvalue weighted by Gasteiger charge is 2.20. The lowest BCUT2D eigenvalue weighted by Gasteiger charge is -2.12. The first-order valence-electron chi connectivity index (χ1n) is 9.20. The molecule has 3 aromatic carbocycles. The highest BCUT2D eigenvalue weighted by atomic mass is 15.2. The molecule has 0 spiro atoms. The highest BCUT2D eigenvalue weighted by Crippen LogP contribution is 2.39. The molecule has 3 heteroatoms. The summed E-state index contributed by atoms with van der Waals surface area (Å²) in [6.45, 7) is 4.30. The van der Waals surface area contributed by atoms with Gasteiger partial charge < -0.3 is 0 Å². The third kappa shape index (κ3) is 1.86. The Labute approximate surface area is 156 Å². The molecule has 0 fully saturated rings. The van der Waals surface area contributed by atoms with Crippen molar-refractivity contribution in [3.8, 4) is 11.3 Å². The van der Waals surface area contributed by atoms with Gasteiger partial charge in [-0.25, -0.2) is 4.52 Å². The molecule has 0 saturated carbocycles. The first-order chi connectivity index (χ1) is 13.2. The number of hydrogen-bond donors (Lipinski definition) is 0. The van der Waals surface area contributed by atoms with Crippen molar-refractivity contribution < 1.29 is 0 Å². The average molecular weight is 347 g/mol. The fourth-order valence-corrected chi connectivity index (χ4v) is 4.46. The van der Waals surface area contributed by atoms with E-state index in [0.717, 1.165) is 27.8 Å². The van der Waals surface area contributed by atoms with Gasteiger partial charge in [-0.1, -0.05) is 48.0 Å². The monoisotopic (exact) mass is 347 g/mol. The molecule has 0 radical (unpaired) electrons. The zero-order chi connectivity index (χ0) is 18.1. The molecule has 0 atom stereocenters. The van der Waals surface area contributed by atoms with E-state index in [2.05, 4.69) is 73.0 Å². The van der Waals surface area contributed by atoms with Gasteiger partial charge >= 0.3 is 0 Å². The maximum absolute atomic E-state index is 5.09. The van der Waals surface area contributed by atoms with Gasteiger partial charge in [0.25, 0.3) is 0 Å². The van der Waals surface area contributed by atoms with E-state index < -0.39 is 0 Å². The van der Waals surface area contributed by atoms with E-state index in [-0.39, 0.29) is 0 Å². The van der Waals surface area contributed by atoms with Gasteiger partial charge in [0.05, 0.1) is 16.6 Å². The number of aromatic nitrogens is 3. The molecule has 0 aliphatic rings. The van der Waals surface area contributed by atoms with Crippen LogP contribution in [0.3, 0.4) is 0 Å². The van der Waals surface area contributed by atoms with Crippen LogP contribution in [0, 0.1) is 13.8 Å². The van der Waals surface area contributed by atoms with Gasteiger partial charge in [-0.3, -0.25) is 4.98 Å². The summed E-state index contributed by atoms with van der Waals surface area (Å²) in [6, 6.07) is 21.4. The Morgan fingerprint density at radius 3 is 2.52 bits per heavy atom. The molecule has 6 aromatic rings. The largest absolute Gasteiger partial charge is 0.255 e. The second-order valence-corrected chi connectivity index (χ2v) is 7.32. The predicted octanol–water partition coefficient (Wildman–Crippen LogP) is 5.91. The third-order valence-corrected chi connectivity index (χ3v) is 5.53. The van der Waals surface area contributed by atoms with Crippen molar-refractivity contribution in [1.82, 2.24) is 14.6 Å². The molecule has 6 rings (SSSR count). The number of fused-ring (bicyclic) bond motifs is 3. The minimum atomic E-state index is 1.02. The van der Waals surface area contributed by atoms with Crippen molar-refractivity contribution in [2.75, 3.05) is 0 Å². The molecule has 27 heavy (non-hydrogen) atoms. The van der Waals surface area contributed by atoms with Crippen molar-refractivity contribution in [3.63, 3.8) is 0 Å². The summed E-state index contributed by atoms with van der Waals surface area (Å²) in [5.74, 6) is 0. The van der Waals surface area contributed by atoms with Gasteiger partial charge in [-0.2, -0.15) is 5.10 Å². The summed E-state index contributed by atoms with van der Waals surface area (Å²) in [5, 5.41) is 9.84. The van der Waals surface area contributed by atoms with Gasteiger partial charge in [0.1, 0.15) is 5.69 Å². The highest BCUT2D eigenvalue weighted by molar-refractivity contribution is 6.23. The molecule has 0 amide bonds. The Balaban J connectivity index is 1.96. The van der Waals surface area contributed by atoms with Crippen molar-refractivity contribution in [2.24, 2.45) is 0 Å². The number of pyridine rings is 2. The van der Waals surface area contributed by atoms with Gasteiger partial charge in [0, 0.05) is 27.9 Å². The van der Waals surface area contributed by atoms with E-state index in [4.69, 9.17) is 10.1 Å². The van der Waals surface area contributed by atoms with Crippen LogP contribution in [0.2, 0.25) is 0 Å². The van der Waals surface area contributed by atoms with Crippen LogP contribution < -0.4 is 0 Å². The lowest BCUT2D eigenvalue weighted by molar-refractivity contribution is 1.01. The predicted molar refractivity (Wildman–Crippen MR) is 112 cm³/mol. The molecule has 3 nitrogen and oxygen atoms in total. The van der Waals surface area contributed by atoms with Crippen LogP contribution in [0.4, 0.5) is 0 Å². The molecule has 0 aliphatic heterocycles. The Kier molecular flexibility index (Phi) is 2.74. The minimum Gasteiger partial charge on any atom is -0.255 e. The Hall–Kier alpha value is -3.46. The van der Waals surface area contributed by atoms with Gasteiger partial charge in [0.15, 0.2) is 0 Å². The summed E-state index contributed by atoms with van der Waals surface area (Å²) in [4.78, 5) is 4.78. The maximum Gasteiger partial charge on any atom is 0.101 e. The Bertz CT molecular complexity index is 1480. The minimum absolute atomic E-state index is 1.02. The van der Waals surface area contributed by atoms with Crippen molar-refractivity contribution in [2.45, 2.75) is 13.8 Å². The quantitative estimate of drug-likeness (QED) is 0.273. The van der Waals surface area contributed by atoms with Crippen LogP contribution in [0.1, 0.15) is 11.1 Å². The van der Waals surface area contributed by atoms with E-state index in [9.17, 15) is 0 Å². The van der Waals surface area contributed by atoms with E-state index in [1.165, 1.54) is 32.7 Å². The summed E-state index contributed by atoms with van der Waals surface area (Å²) in [5.41, 5.74) is 8.00. The number of benzene rings is 3. The van der Waals surface area contributed by atoms with Crippen LogP contribution in [0.15, 0.2) is 66.9 Å². The Morgan fingerprint density at radius 2 is 1.67 bits per heavy atom. The number of aryl methyl sites for hydroxylation is 2. The molecule has 128 valence electrons. The molecule has 3 aromatic heterocycles. The maximum atomic E-state index is 5.09. The lowest BCUT2D eigenvalue weighted by atomic mass is 9.98. The summed E-state index contributed by atoms with van der Waals surface area (Å²) in [7, 11) is 0. The SMILES string of the molecule is Cc1cc(C)c2c(c1)c1nccc3ccc4c(-c5ccccc5)nn2c4c31. The van der Waals surface area contributed by atoms with Crippen molar-refractivity contribution >= 4 is 38.1 Å². The van der Waals surface area contributed by atoms with Crippen LogP contribution in [0.5, 0.6) is 0 Å². The van der Waals surface area contributed by atoms with E-state index in [1.807, 2.05) is 12.3 Å². The lowest BCUT2D eigenvalue weighted by Crippen LogP contribution is -1.98. The number of nitrogens with zero attached hydrogens (tertiary/aromatic N) is 3. The van der Waals surface area contributed by atoms with Gasteiger partial charge in [0.2, 0.25) is 0 Å². The molecule has 0 N–H and O–H groups in total. The van der Waals surface area contributed by atoms with Crippen LogP contribution >= 0.6 is 0 Å². The smallest absolute Gasteiger partial charge is 0.101 e. The number of rotatable bonds is 1. The van der Waals surface area contributed by atoms with Gasteiger partial charge in [-0.05, 0) is 43.0 Å². The van der Waals surface area contributed by atoms with Crippen molar-refractivity contribution in [3.05, 3.63) is 78.0 Å². The molecule has 0 aliphatic carbocycles. The summed E-state index contributed by atoms with van der Waals surface area (Å²) < 4.78 is 2.14. The van der Waals surface area contributed by atoms with E-state index in [1.54, 1.807) is 0 Å². The first kappa shape index (κ1) is 14.7. The molecule has 3 heterocycles. The molecule has 0 unspecified atom stereocenters. The number of hydrogen-bond acceptors (Lipinski definition) is 2. The van der Waals surface area contributed by atoms with Crippen molar-refractivity contribution in [1.29, 1.82) is 0 Å². The molecule has 0 bridgehead atoms. The second kappa shape index (κ2) is 5.04. The topological polar surface area (TPSA) is 30.2 Å². The standard InChI is InChI=1S/C24H17N3/c1-14-12-15(2)23-19(13-14)22-20-16(10-11-25-22)8-9-18-21(26-27(23)24(18)20)17-6-4-3-5-7-17/h3-13H,1-2H3. The van der Waals surface area contributed by atoms with Crippen LogP contribution in [-0.4, -0.2) is 14.6 Å². The van der Waals surface area contributed by atoms with Crippen LogP contribution in [0.25, 0.3) is 49.4 Å². The van der Waals surface area contributed by atoms with E-state index in [0.29, 0.717) is 0 Å². The third-order valence-electron chi connectivity index (χ3n) is 5.53. The normalized spacial score (nSPS) is 12.1. The average Bonchev–Trinajstić information content (AvgIpc) is 3.08. The zero-order valence-electron chi connectivity index (χ0n) is 15.2. The fraction of sp³-hybridized carbons (Fsp3) is 0.0833. The Morgan fingerprint density at radius 1 is 0.815 bits per heavy atom. The zero-order valence-corrected chi connectivity index (χ0v) is 15.2. The van der Waals surface area contributed by atoms with Gasteiger partial charge in [-0.15, -0.1) is 0 Å². The summed E-state index contributed by atoms with van der Waals surface area (Å²) in [6.07, 6.45) is 1.91. The molecular formula is C24H17N3. The molecule has 0 saturated heterocycles. The van der Waals surface area contributed by atoms with Crippen LogP contribution in [-0.2, 0) is 0 Å². The second-order valence-electron chi connectivity index (χ2n) is 7.32. The van der Waals surface area contributed by atoms with E-state index >= 15 is 0 Å². The summed E-state index contributed by atoms with van der Waals surface area (Å²) >= 11 is 0.